The van der Waals surface area contributed by atoms with Crippen molar-refractivity contribution >= 4 is 0 Å². The van der Waals surface area contributed by atoms with E-state index in [1.54, 1.807) is 6.08 Å². The molecule has 124 valence electrons. The predicted molar refractivity (Wildman–Crippen MR) is 79.5 cm³/mol. The van der Waals surface area contributed by atoms with Gasteiger partial charge >= 0.3 is 6.18 Å². The first-order valence-electron chi connectivity index (χ1n) is 7.00. The van der Waals surface area contributed by atoms with Crippen LogP contribution in [-0.4, -0.2) is 34.7 Å². The van der Waals surface area contributed by atoms with E-state index in [-0.39, 0.29) is 12.5 Å². The molecule has 0 bridgehead atoms. The van der Waals surface area contributed by atoms with E-state index in [4.69, 9.17) is 9.52 Å². The lowest BCUT2D eigenvalue weighted by Crippen LogP contribution is -2.26. The third kappa shape index (κ3) is 4.67. The SMILES string of the molecule is C=CCN(CCO)Cc1coc(-c2ccc(C(F)(F)F)cc2)n1. The van der Waals surface area contributed by atoms with Gasteiger partial charge in [-0.1, -0.05) is 6.08 Å². The standard InChI is InChI=1S/C16H17F3N2O2/c1-2-7-21(8-9-22)10-14-11-23-15(20-14)12-3-5-13(6-4-12)16(17,18)19/h2-6,11,22H,1,7-10H2. The van der Waals surface area contributed by atoms with Crippen molar-refractivity contribution < 1.29 is 22.7 Å². The molecule has 1 aromatic heterocycles. The number of aliphatic hydroxyl groups is 1. The minimum absolute atomic E-state index is 0.0114. The molecule has 0 saturated carbocycles. The maximum absolute atomic E-state index is 12.5. The molecule has 0 aliphatic carbocycles. The highest BCUT2D eigenvalue weighted by Crippen LogP contribution is 2.30. The van der Waals surface area contributed by atoms with Crippen LogP contribution in [0.4, 0.5) is 13.2 Å². The van der Waals surface area contributed by atoms with Crippen LogP contribution in [-0.2, 0) is 12.7 Å². The Kier molecular flexibility index (Phi) is 5.57. The molecular formula is C16H17F3N2O2. The summed E-state index contributed by atoms with van der Waals surface area (Å²) in [4.78, 5) is 6.19. The Labute approximate surface area is 131 Å². The van der Waals surface area contributed by atoms with Crippen molar-refractivity contribution in [2.24, 2.45) is 0 Å². The number of hydrogen-bond donors (Lipinski definition) is 1. The Morgan fingerprint density at radius 1 is 1.26 bits per heavy atom. The highest BCUT2D eigenvalue weighted by atomic mass is 19.4. The Bertz CT molecular complexity index is 636. The van der Waals surface area contributed by atoms with Gasteiger partial charge in [-0.3, -0.25) is 4.90 Å². The molecule has 0 aliphatic rings. The van der Waals surface area contributed by atoms with Crippen molar-refractivity contribution in [2.75, 3.05) is 19.7 Å². The fraction of sp³-hybridized carbons (Fsp3) is 0.312. The van der Waals surface area contributed by atoms with Crippen LogP contribution in [0.2, 0.25) is 0 Å². The molecule has 0 radical (unpaired) electrons. The van der Waals surface area contributed by atoms with Gasteiger partial charge in [0.1, 0.15) is 6.26 Å². The normalized spacial score (nSPS) is 11.9. The number of rotatable bonds is 7. The lowest BCUT2D eigenvalue weighted by Gasteiger charge is -2.17. The Balaban J connectivity index is 2.10. The average Bonchev–Trinajstić information content (AvgIpc) is 2.95. The second kappa shape index (κ2) is 7.43. The van der Waals surface area contributed by atoms with E-state index < -0.39 is 11.7 Å². The minimum atomic E-state index is -4.37. The zero-order chi connectivity index (χ0) is 16.9. The summed E-state index contributed by atoms with van der Waals surface area (Å²) < 4.78 is 43.0. The van der Waals surface area contributed by atoms with E-state index in [1.807, 2.05) is 4.90 Å². The number of benzene rings is 1. The van der Waals surface area contributed by atoms with E-state index in [1.165, 1.54) is 18.4 Å². The maximum Gasteiger partial charge on any atom is 0.416 e. The van der Waals surface area contributed by atoms with Crippen molar-refractivity contribution in [1.29, 1.82) is 0 Å². The summed E-state index contributed by atoms with van der Waals surface area (Å²) in [6.07, 6.45) is -1.19. The molecule has 1 heterocycles. The largest absolute Gasteiger partial charge is 0.444 e. The first kappa shape index (κ1) is 17.2. The number of alkyl halides is 3. The molecule has 2 rings (SSSR count). The zero-order valence-electron chi connectivity index (χ0n) is 12.4. The fourth-order valence-electron chi connectivity index (χ4n) is 2.10. The van der Waals surface area contributed by atoms with Crippen LogP contribution in [0.25, 0.3) is 11.5 Å². The molecule has 0 fully saturated rings. The summed E-state index contributed by atoms with van der Waals surface area (Å²) in [5.41, 5.74) is 0.394. The molecule has 0 atom stereocenters. The van der Waals surface area contributed by atoms with Crippen LogP contribution in [0.5, 0.6) is 0 Å². The summed E-state index contributed by atoms with van der Waals surface area (Å²) in [5, 5.41) is 9.00. The van der Waals surface area contributed by atoms with E-state index in [0.717, 1.165) is 12.1 Å². The Morgan fingerprint density at radius 3 is 2.52 bits per heavy atom. The molecule has 23 heavy (non-hydrogen) atoms. The molecule has 2 aromatic rings. The monoisotopic (exact) mass is 326 g/mol. The first-order valence-corrected chi connectivity index (χ1v) is 7.00. The lowest BCUT2D eigenvalue weighted by molar-refractivity contribution is -0.137. The van der Waals surface area contributed by atoms with Crippen LogP contribution in [0.3, 0.4) is 0 Å². The van der Waals surface area contributed by atoms with Crippen LogP contribution in [0.15, 0.2) is 47.6 Å². The topological polar surface area (TPSA) is 49.5 Å². The smallest absolute Gasteiger partial charge is 0.416 e. The van der Waals surface area contributed by atoms with Gasteiger partial charge < -0.3 is 9.52 Å². The number of aliphatic hydroxyl groups excluding tert-OH is 1. The summed E-state index contributed by atoms with van der Waals surface area (Å²) in [6.45, 7) is 5.17. The number of aromatic nitrogens is 1. The van der Waals surface area contributed by atoms with Gasteiger partial charge in [-0.05, 0) is 24.3 Å². The number of halogens is 3. The van der Waals surface area contributed by atoms with Crippen molar-refractivity contribution in [3.63, 3.8) is 0 Å². The van der Waals surface area contributed by atoms with Crippen LogP contribution in [0, 0.1) is 0 Å². The third-order valence-corrected chi connectivity index (χ3v) is 3.20. The van der Waals surface area contributed by atoms with Crippen molar-refractivity contribution in [3.05, 3.63) is 54.4 Å². The summed E-state index contributed by atoms with van der Waals surface area (Å²) in [6, 6.07) is 4.64. The van der Waals surface area contributed by atoms with Crippen molar-refractivity contribution in [3.8, 4) is 11.5 Å². The van der Waals surface area contributed by atoms with Gasteiger partial charge in [0.15, 0.2) is 0 Å². The minimum Gasteiger partial charge on any atom is -0.444 e. The van der Waals surface area contributed by atoms with Crippen molar-refractivity contribution in [2.45, 2.75) is 12.7 Å². The van der Waals surface area contributed by atoms with Crippen molar-refractivity contribution in [1.82, 2.24) is 9.88 Å². The van der Waals surface area contributed by atoms with Crippen LogP contribution >= 0.6 is 0 Å². The number of nitrogens with zero attached hydrogens (tertiary/aromatic N) is 2. The highest BCUT2D eigenvalue weighted by molar-refractivity contribution is 5.53. The van der Waals surface area contributed by atoms with E-state index in [2.05, 4.69) is 11.6 Å². The zero-order valence-corrected chi connectivity index (χ0v) is 12.4. The molecule has 0 saturated heterocycles. The summed E-state index contributed by atoms with van der Waals surface area (Å²) in [7, 11) is 0. The number of oxazole rings is 1. The molecule has 1 N–H and O–H groups in total. The molecular weight excluding hydrogens is 309 g/mol. The van der Waals surface area contributed by atoms with Gasteiger partial charge in [0, 0.05) is 25.2 Å². The van der Waals surface area contributed by atoms with Gasteiger partial charge in [-0.15, -0.1) is 6.58 Å². The predicted octanol–water partition coefficient (Wildman–Crippen LogP) is 3.34. The molecule has 0 unspecified atom stereocenters. The number of hydrogen-bond acceptors (Lipinski definition) is 4. The molecule has 7 heteroatoms. The molecule has 4 nitrogen and oxygen atoms in total. The highest BCUT2D eigenvalue weighted by Gasteiger charge is 2.30. The second-order valence-corrected chi connectivity index (χ2v) is 4.97. The van der Waals surface area contributed by atoms with Gasteiger partial charge in [0.2, 0.25) is 5.89 Å². The van der Waals surface area contributed by atoms with Gasteiger partial charge in [-0.25, -0.2) is 4.98 Å². The van der Waals surface area contributed by atoms with E-state index in [9.17, 15) is 13.2 Å². The van der Waals surface area contributed by atoms with Crippen LogP contribution in [0.1, 0.15) is 11.3 Å². The van der Waals surface area contributed by atoms with Gasteiger partial charge in [-0.2, -0.15) is 13.2 Å². The molecule has 0 spiro atoms. The summed E-state index contributed by atoms with van der Waals surface area (Å²) in [5.74, 6) is 0.260. The summed E-state index contributed by atoms with van der Waals surface area (Å²) >= 11 is 0. The maximum atomic E-state index is 12.5. The van der Waals surface area contributed by atoms with Gasteiger partial charge in [0.05, 0.1) is 17.9 Å². The van der Waals surface area contributed by atoms with E-state index >= 15 is 0 Å². The fourth-order valence-corrected chi connectivity index (χ4v) is 2.10. The van der Waals surface area contributed by atoms with Crippen LogP contribution < -0.4 is 0 Å². The average molecular weight is 326 g/mol. The lowest BCUT2D eigenvalue weighted by atomic mass is 10.1. The molecule has 0 amide bonds. The second-order valence-electron chi connectivity index (χ2n) is 4.97. The Hall–Kier alpha value is -2.12. The molecule has 0 aliphatic heterocycles. The molecule has 1 aromatic carbocycles. The first-order chi connectivity index (χ1) is 10.9. The van der Waals surface area contributed by atoms with E-state index in [0.29, 0.717) is 30.9 Å². The Morgan fingerprint density at radius 2 is 1.96 bits per heavy atom. The van der Waals surface area contributed by atoms with Gasteiger partial charge in [0.25, 0.3) is 0 Å². The quantitative estimate of drug-likeness (QED) is 0.793. The third-order valence-electron chi connectivity index (χ3n) is 3.20.